The van der Waals surface area contributed by atoms with Crippen molar-refractivity contribution in [1.29, 1.82) is 5.26 Å². The highest BCUT2D eigenvalue weighted by molar-refractivity contribution is 6.30. The molecule has 1 unspecified atom stereocenters. The summed E-state index contributed by atoms with van der Waals surface area (Å²) in [5.41, 5.74) is 1.82. The minimum Gasteiger partial charge on any atom is -0.360 e. The summed E-state index contributed by atoms with van der Waals surface area (Å²) in [5.74, 6) is 0.412. The fourth-order valence-electron chi connectivity index (χ4n) is 3.22. The van der Waals surface area contributed by atoms with Gasteiger partial charge in [0.15, 0.2) is 5.76 Å². The van der Waals surface area contributed by atoms with Crippen LogP contribution in [0.1, 0.15) is 47.9 Å². The number of nitriles is 1. The summed E-state index contributed by atoms with van der Waals surface area (Å²) in [7, 11) is 0. The number of aryl methyl sites for hydroxylation is 1. The van der Waals surface area contributed by atoms with E-state index in [9.17, 15) is 10.1 Å². The monoisotopic (exact) mass is 343 g/mol. The average molecular weight is 344 g/mol. The van der Waals surface area contributed by atoms with E-state index in [0.717, 1.165) is 24.8 Å². The number of carbonyl (C=O) groups is 1. The van der Waals surface area contributed by atoms with Crippen LogP contribution < -0.4 is 0 Å². The Morgan fingerprint density at radius 3 is 3.08 bits per heavy atom. The fourth-order valence-corrected chi connectivity index (χ4v) is 3.42. The van der Waals surface area contributed by atoms with Gasteiger partial charge in [0.2, 0.25) is 5.91 Å². The Morgan fingerprint density at radius 2 is 2.33 bits per heavy atom. The molecule has 2 aromatic rings. The van der Waals surface area contributed by atoms with E-state index in [1.807, 2.05) is 29.2 Å². The van der Waals surface area contributed by atoms with Crippen LogP contribution in [0, 0.1) is 18.3 Å². The van der Waals surface area contributed by atoms with Crippen molar-refractivity contribution in [2.45, 2.75) is 38.6 Å². The molecule has 0 spiro atoms. The number of nitrogens with zero attached hydrogens (tertiary/aromatic N) is 3. The lowest BCUT2D eigenvalue weighted by atomic mass is 9.94. The number of hydrogen-bond acceptors (Lipinski definition) is 4. The van der Waals surface area contributed by atoms with Crippen LogP contribution in [0.25, 0.3) is 0 Å². The average Bonchev–Trinajstić information content (AvgIpc) is 2.94. The highest BCUT2D eigenvalue weighted by atomic mass is 35.5. The number of aromatic nitrogens is 1. The van der Waals surface area contributed by atoms with Crippen molar-refractivity contribution in [3.8, 4) is 6.07 Å². The second-order valence-electron chi connectivity index (χ2n) is 6.00. The van der Waals surface area contributed by atoms with Gasteiger partial charge in [-0.2, -0.15) is 5.26 Å². The maximum atomic E-state index is 12.8. The molecule has 124 valence electrons. The van der Waals surface area contributed by atoms with Gasteiger partial charge >= 0.3 is 0 Å². The molecule has 6 heteroatoms. The minimum absolute atomic E-state index is 0.0171. The quantitative estimate of drug-likeness (QED) is 0.849. The lowest BCUT2D eigenvalue weighted by Crippen LogP contribution is -2.39. The molecule has 3 rings (SSSR count). The highest BCUT2D eigenvalue weighted by Crippen LogP contribution is 2.32. The van der Waals surface area contributed by atoms with Crippen molar-refractivity contribution >= 4 is 17.5 Å². The maximum absolute atomic E-state index is 12.8. The topological polar surface area (TPSA) is 70.1 Å². The number of carbonyl (C=O) groups excluding carboxylic acids is 1. The van der Waals surface area contributed by atoms with Crippen LogP contribution in [0.15, 0.2) is 28.8 Å². The van der Waals surface area contributed by atoms with Gasteiger partial charge in [0, 0.05) is 11.6 Å². The van der Waals surface area contributed by atoms with Crippen molar-refractivity contribution < 1.29 is 9.32 Å². The van der Waals surface area contributed by atoms with Crippen molar-refractivity contribution in [1.82, 2.24) is 10.1 Å². The molecule has 0 N–H and O–H groups in total. The molecule has 1 fully saturated rings. The molecule has 1 amide bonds. The van der Waals surface area contributed by atoms with E-state index in [2.05, 4.69) is 11.2 Å². The van der Waals surface area contributed by atoms with Gasteiger partial charge in [-0.05, 0) is 43.9 Å². The molecule has 1 atom stereocenters. The van der Waals surface area contributed by atoms with E-state index in [1.165, 1.54) is 0 Å². The Hall–Kier alpha value is -2.32. The predicted molar refractivity (Wildman–Crippen MR) is 89.4 cm³/mol. The van der Waals surface area contributed by atoms with E-state index in [4.69, 9.17) is 16.1 Å². The number of amides is 1. The summed E-state index contributed by atoms with van der Waals surface area (Å²) in [5, 5.41) is 13.7. The van der Waals surface area contributed by atoms with E-state index in [-0.39, 0.29) is 18.4 Å². The molecule has 1 aromatic carbocycles. The molecule has 0 saturated carbocycles. The Balaban J connectivity index is 1.82. The molecular weight excluding hydrogens is 326 g/mol. The SMILES string of the molecule is Cc1onc(CC(=O)N2CCCCC2c2cccc(Cl)c2)c1C#N. The summed E-state index contributed by atoms with van der Waals surface area (Å²) in [6, 6.07) is 9.73. The second kappa shape index (κ2) is 7.06. The summed E-state index contributed by atoms with van der Waals surface area (Å²) in [6.07, 6.45) is 3.05. The number of piperidine rings is 1. The van der Waals surface area contributed by atoms with E-state index in [1.54, 1.807) is 6.92 Å². The Morgan fingerprint density at radius 1 is 1.50 bits per heavy atom. The normalized spacial score (nSPS) is 17.5. The van der Waals surface area contributed by atoms with Crippen LogP contribution >= 0.6 is 11.6 Å². The first-order valence-corrected chi connectivity index (χ1v) is 8.38. The van der Waals surface area contributed by atoms with Crippen LogP contribution in [0.4, 0.5) is 0 Å². The lowest BCUT2D eigenvalue weighted by Gasteiger charge is -2.36. The largest absolute Gasteiger partial charge is 0.360 e. The number of benzene rings is 1. The number of likely N-dealkylation sites (tertiary alicyclic amines) is 1. The van der Waals surface area contributed by atoms with Crippen LogP contribution in [-0.4, -0.2) is 22.5 Å². The molecule has 1 aromatic heterocycles. The van der Waals surface area contributed by atoms with Crippen molar-refractivity contribution in [3.63, 3.8) is 0 Å². The van der Waals surface area contributed by atoms with Crippen LogP contribution in [0.3, 0.4) is 0 Å². The Kier molecular flexibility index (Phi) is 4.86. The van der Waals surface area contributed by atoms with Crippen LogP contribution in [0.5, 0.6) is 0 Å². The third kappa shape index (κ3) is 3.29. The number of hydrogen-bond donors (Lipinski definition) is 0. The van der Waals surface area contributed by atoms with Gasteiger partial charge in [0.1, 0.15) is 17.3 Å². The summed E-state index contributed by atoms with van der Waals surface area (Å²) >= 11 is 6.10. The third-order valence-corrected chi connectivity index (χ3v) is 4.66. The Labute approximate surface area is 145 Å². The first kappa shape index (κ1) is 16.5. The summed E-state index contributed by atoms with van der Waals surface area (Å²) in [4.78, 5) is 14.7. The highest BCUT2D eigenvalue weighted by Gasteiger charge is 2.29. The summed E-state index contributed by atoms with van der Waals surface area (Å²) in [6.45, 7) is 2.38. The maximum Gasteiger partial charge on any atom is 0.229 e. The lowest BCUT2D eigenvalue weighted by molar-refractivity contribution is -0.134. The molecular formula is C18H18ClN3O2. The predicted octanol–water partition coefficient (Wildman–Crippen LogP) is 3.80. The van der Waals surface area contributed by atoms with Gasteiger partial charge in [-0.1, -0.05) is 28.9 Å². The van der Waals surface area contributed by atoms with Gasteiger partial charge in [-0.25, -0.2) is 0 Å². The van der Waals surface area contributed by atoms with Crippen LogP contribution in [-0.2, 0) is 11.2 Å². The molecule has 1 saturated heterocycles. The van der Waals surface area contributed by atoms with Gasteiger partial charge in [0.05, 0.1) is 12.5 Å². The second-order valence-corrected chi connectivity index (χ2v) is 6.44. The molecule has 1 aliphatic heterocycles. The van der Waals surface area contributed by atoms with Crippen molar-refractivity contribution in [3.05, 3.63) is 51.9 Å². The van der Waals surface area contributed by atoms with E-state index >= 15 is 0 Å². The van der Waals surface area contributed by atoms with Gasteiger partial charge in [-0.15, -0.1) is 0 Å². The number of rotatable bonds is 3. The van der Waals surface area contributed by atoms with Gasteiger partial charge in [-0.3, -0.25) is 4.79 Å². The molecule has 0 aliphatic carbocycles. The van der Waals surface area contributed by atoms with Crippen LogP contribution in [0.2, 0.25) is 5.02 Å². The van der Waals surface area contributed by atoms with Crippen molar-refractivity contribution in [2.75, 3.05) is 6.54 Å². The molecule has 2 heterocycles. The zero-order valence-electron chi connectivity index (χ0n) is 13.5. The zero-order valence-corrected chi connectivity index (χ0v) is 14.2. The molecule has 1 aliphatic rings. The van der Waals surface area contributed by atoms with Crippen molar-refractivity contribution in [2.24, 2.45) is 0 Å². The van der Waals surface area contributed by atoms with E-state index in [0.29, 0.717) is 28.6 Å². The standard InChI is InChI=1S/C18H18ClN3O2/c1-12-15(11-20)16(21-24-12)10-18(23)22-8-3-2-7-17(22)13-5-4-6-14(19)9-13/h4-6,9,17H,2-3,7-8,10H2,1H3. The third-order valence-electron chi connectivity index (χ3n) is 4.42. The smallest absolute Gasteiger partial charge is 0.229 e. The minimum atomic E-state index is -0.0375. The first-order valence-electron chi connectivity index (χ1n) is 8.00. The summed E-state index contributed by atoms with van der Waals surface area (Å²) < 4.78 is 5.04. The van der Waals surface area contributed by atoms with Gasteiger partial charge in [0.25, 0.3) is 0 Å². The van der Waals surface area contributed by atoms with E-state index < -0.39 is 0 Å². The molecule has 24 heavy (non-hydrogen) atoms. The molecule has 0 radical (unpaired) electrons. The zero-order chi connectivity index (χ0) is 17.1. The molecule has 5 nitrogen and oxygen atoms in total. The molecule has 0 bridgehead atoms. The Bertz CT molecular complexity index is 794. The number of halogens is 1. The van der Waals surface area contributed by atoms with Gasteiger partial charge < -0.3 is 9.42 Å². The first-order chi connectivity index (χ1) is 11.6. The fraction of sp³-hybridized carbons (Fsp3) is 0.389.